The van der Waals surface area contributed by atoms with Crippen molar-refractivity contribution in [2.24, 2.45) is 5.73 Å². The molecule has 2 N–H and O–H groups in total. The van der Waals surface area contributed by atoms with Crippen LogP contribution >= 0.6 is 0 Å². The van der Waals surface area contributed by atoms with Gasteiger partial charge in [-0.1, -0.05) is 42.5 Å². The second-order valence-corrected chi connectivity index (χ2v) is 6.77. The van der Waals surface area contributed by atoms with E-state index in [9.17, 15) is 10.1 Å². The summed E-state index contributed by atoms with van der Waals surface area (Å²) in [5.41, 5.74) is 7.82. The highest BCUT2D eigenvalue weighted by atomic mass is 16.5. The molecular weight excluding hydrogens is 396 g/mol. The molecule has 2 aromatic carbocycles. The summed E-state index contributed by atoms with van der Waals surface area (Å²) in [6.07, 6.45) is 0. The van der Waals surface area contributed by atoms with E-state index >= 15 is 0 Å². The van der Waals surface area contributed by atoms with E-state index in [2.05, 4.69) is 6.07 Å². The first-order valence-corrected chi connectivity index (χ1v) is 9.80. The number of methoxy groups -OCH3 is 1. The number of carbonyl (C=O) groups is 1. The van der Waals surface area contributed by atoms with E-state index in [1.807, 2.05) is 30.3 Å². The van der Waals surface area contributed by atoms with Crippen LogP contribution in [0, 0.1) is 11.3 Å². The Labute approximate surface area is 181 Å². The summed E-state index contributed by atoms with van der Waals surface area (Å²) in [6.45, 7) is 3.78. The molecule has 2 aromatic rings. The van der Waals surface area contributed by atoms with E-state index in [1.165, 1.54) is 7.11 Å². The van der Waals surface area contributed by atoms with Crippen LogP contribution in [0.1, 0.15) is 30.9 Å². The zero-order chi connectivity index (χ0) is 22.4. The van der Waals surface area contributed by atoms with Gasteiger partial charge < -0.3 is 24.7 Å². The molecule has 3 rings (SSSR count). The van der Waals surface area contributed by atoms with Gasteiger partial charge in [0.15, 0.2) is 11.5 Å². The lowest BCUT2D eigenvalue weighted by atomic mass is 9.82. The van der Waals surface area contributed by atoms with Crippen LogP contribution in [0.3, 0.4) is 0 Å². The van der Waals surface area contributed by atoms with E-state index in [0.717, 1.165) is 5.56 Å². The number of nitrogens with two attached hydrogens (primary N) is 1. The molecular formula is C24H24N2O5. The molecule has 1 heterocycles. The Morgan fingerprint density at radius 2 is 1.94 bits per heavy atom. The maximum atomic E-state index is 12.8. The first-order valence-electron chi connectivity index (χ1n) is 9.80. The Balaban J connectivity index is 2.14. The number of nitrogens with zero attached hydrogens (tertiary/aromatic N) is 1. The molecule has 31 heavy (non-hydrogen) atoms. The molecule has 0 spiro atoms. The third-order valence-electron chi connectivity index (χ3n) is 4.87. The average Bonchev–Trinajstić information content (AvgIpc) is 2.77. The smallest absolute Gasteiger partial charge is 0.338 e. The van der Waals surface area contributed by atoms with Crippen molar-refractivity contribution >= 4 is 5.97 Å². The molecule has 160 valence electrons. The quantitative estimate of drug-likeness (QED) is 0.677. The summed E-state index contributed by atoms with van der Waals surface area (Å²) in [5.74, 6) is -0.306. The minimum Gasteiger partial charge on any atom is -0.493 e. The van der Waals surface area contributed by atoms with Gasteiger partial charge in [-0.25, -0.2) is 4.79 Å². The maximum absolute atomic E-state index is 12.8. The molecule has 1 unspecified atom stereocenters. The largest absolute Gasteiger partial charge is 0.493 e. The molecule has 0 aromatic heterocycles. The third kappa shape index (κ3) is 4.48. The Morgan fingerprint density at radius 3 is 2.58 bits per heavy atom. The molecule has 7 nitrogen and oxygen atoms in total. The van der Waals surface area contributed by atoms with Crippen LogP contribution in [0.5, 0.6) is 11.5 Å². The van der Waals surface area contributed by atoms with Gasteiger partial charge in [-0.15, -0.1) is 0 Å². The molecule has 0 bridgehead atoms. The fraction of sp³-hybridized carbons (Fsp3) is 0.250. The normalized spacial score (nSPS) is 15.7. The number of nitriles is 1. The summed E-state index contributed by atoms with van der Waals surface area (Å²) in [5, 5.41) is 9.82. The molecule has 1 aliphatic rings. The van der Waals surface area contributed by atoms with E-state index in [1.54, 1.807) is 32.0 Å². The number of allylic oxidation sites excluding steroid dienone is 2. The fourth-order valence-corrected chi connectivity index (χ4v) is 3.47. The highest BCUT2D eigenvalue weighted by Gasteiger charge is 2.38. The number of benzene rings is 2. The van der Waals surface area contributed by atoms with Crippen molar-refractivity contribution in [2.75, 3.05) is 13.7 Å². The summed E-state index contributed by atoms with van der Waals surface area (Å²) in [7, 11) is 1.53. The van der Waals surface area contributed by atoms with Crippen molar-refractivity contribution in [3.63, 3.8) is 0 Å². The number of hydrogen-bond acceptors (Lipinski definition) is 7. The minimum absolute atomic E-state index is 0.0603. The Kier molecular flexibility index (Phi) is 6.83. The number of carbonyl (C=O) groups excluding carboxylic acids is 1. The predicted octanol–water partition coefficient (Wildman–Crippen LogP) is 3.92. The highest BCUT2D eigenvalue weighted by molar-refractivity contribution is 5.93. The number of para-hydroxylation sites is 1. The average molecular weight is 420 g/mol. The standard InChI is InChI=1S/C24H24N2O5/c1-4-29-24(27)20-15(2)31-23(26)18(13-25)21(20)17-11-8-12-19(28-3)22(17)30-14-16-9-6-5-7-10-16/h5-12,21H,4,14,26H2,1-3H3. The van der Waals surface area contributed by atoms with Gasteiger partial charge in [0.2, 0.25) is 5.88 Å². The Hall–Kier alpha value is -3.92. The number of rotatable bonds is 7. The molecule has 0 saturated carbocycles. The lowest BCUT2D eigenvalue weighted by Gasteiger charge is -2.28. The molecule has 0 aliphatic carbocycles. The van der Waals surface area contributed by atoms with Crippen molar-refractivity contribution in [1.82, 2.24) is 0 Å². The molecule has 0 saturated heterocycles. The monoisotopic (exact) mass is 420 g/mol. The zero-order valence-electron chi connectivity index (χ0n) is 17.7. The molecule has 1 aliphatic heterocycles. The van der Waals surface area contributed by atoms with Crippen LogP contribution in [-0.4, -0.2) is 19.7 Å². The molecule has 1 atom stereocenters. The van der Waals surface area contributed by atoms with Crippen molar-refractivity contribution < 1.29 is 23.7 Å². The van der Waals surface area contributed by atoms with E-state index < -0.39 is 11.9 Å². The summed E-state index contributed by atoms with van der Waals surface area (Å²) >= 11 is 0. The molecule has 7 heteroatoms. The van der Waals surface area contributed by atoms with Gasteiger partial charge in [-0.05, 0) is 25.5 Å². The van der Waals surface area contributed by atoms with Gasteiger partial charge in [-0.2, -0.15) is 5.26 Å². The van der Waals surface area contributed by atoms with Crippen molar-refractivity contribution in [3.8, 4) is 17.6 Å². The van der Waals surface area contributed by atoms with Crippen molar-refractivity contribution in [3.05, 3.63) is 82.4 Å². The second-order valence-electron chi connectivity index (χ2n) is 6.77. The second kappa shape index (κ2) is 9.72. The lowest BCUT2D eigenvalue weighted by Crippen LogP contribution is -2.26. The van der Waals surface area contributed by atoms with Crippen LogP contribution in [-0.2, 0) is 20.9 Å². The van der Waals surface area contributed by atoms with Crippen LogP contribution in [0.15, 0.2) is 71.3 Å². The van der Waals surface area contributed by atoms with Gasteiger partial charge >= 0.3 is 5.97 Å². The Bertz CT molecular complexity index is 1070. The van der Waals surface area contributed by atoms with Crippen molar-refractivity contribution in [2.45, 2.75) is 26.4 Å². The van der Waals surface area contributed by atoms with E-state index in [-0.39, 0.29) is 36.0 Å². The lowest BCUT2D eigenvalue weighted by molar-refractivity contribution is -0.139. The van der Waals surface area contributed by atoms with Crippen LogP contribution in [0.4, 0.5) is 0 Å². The highest BCUT2D eigenvalue weighted by Crippen LogP contribution is 2.46. The van der Waals surface area contributed by atoms with Crippen LogP contribution < -0.4 is 15.2 Å². The molecule has 0 amide bonds. The zero-order valence-corrected chi connectivity index (χ0v) is 17.7. The summed E-state index contributed by atoms with van der Waals surface area (Å²) < 4.78 is 22.4. The van der Waals surface area contributed by atoms with Crippen LogP contribution in [0.2, 0.25) is 0 Å². The third-order valence-corrected chi connectivity index (χ3v) is 4.87. The van der Waals surface area contributed by atoms with Crippen LogP contribution in [0.25, 0.3) is 0 Å². The molecule has 0 fully saturated rings. The molecule has 0 radical (unpaired) electrons. The van der Waals surface area contributed by atoms with E-state index in [0.29, 0.717) is 17.1 Å². The van der Waals surface area contributed by atoms with Crippen molar-refractivity contribution in [1.29, 1.82) is 5.26 Å². The van der Waals surface area contributed by atoms with Gasteiger partial charge in [0.25, 0.3) is 0 Å². The van der Waals surface area contributed by atoms with Gasteiger partial charge in [0.05, 0.1) is 25.2 Å². The SMILES string of the molecule is CCOC(=O)C1=C(C)OC(N)=C(C#N)C1c1cccc(OC)c1OCc1ccccc1. The number of esters is 1. The van der Waals surface area contributed by atoms with Gasteiger partial charge in [-0.3, -0.25) is 0 Å². The van der Waals surface area contributed by atoms with Gasteiger partial charge in [0, 0.05) is 5.56 Å². The first kappa shape index (κ1) is 21.8. The topological polar surface area (TPSA) is 104 Å². The first-order chi connectivity index (χ1) is 15.0. The van der Waals surface area contributed by atoms with Gasteiger partial charge in [0.1, 0.15) is 24.0 Å². The predicted molar refractivity (Wildman–Crippen MR) is 114 cm³/mol. The Morgan fingerprint density at radius 1 is 1.19 bits per heavy atom. The number of ether oxygens (including phenoxy) is 4. The minimum atomic E-state index is -0.821. The summed E-state index contributed by atoms with van der Waals surface area (Å²) in [6, 6.07) is 17.0. The summed E-state index contributed by atoms with van der Waals surface area (Å²) in [4.78, 5) is 12.8. The maximum Gasteiger partial charge on any atom is 0.338 e. The fourth-order valence-electron chi connectivity index (χ4n) is 3.47. The van der Waals surface area contributed by atoms with E-state index in [4.69, 9.17) is 24.7 Å². The number of hydrogen-bond donors (Lipinski definition) is 1.